The average molecular weight is 226 g/mol. The maximum Gasteiger partial charge on any atom is 0.00992 e. The van der Waals surface area contributed by atoms with Crippen molar-refractivity contribution in [3.05, 3.63) is 0 Å². The van der Waals surface area contributed by atoms with Gasteiger partial charge in [-0.15, -0.1) is 0 Å². The van der Waals surface area contributed by atoms with E-state index in [1.807, 2.05) is 0 Å². The molecule has 16 heavy (non-hydrogen) atoms. The molecule has 4 unspecified atom stereocenters. The Morgan fingerprint density at radius 1 is 1.31 bits per heavy atom. The summed E-state index contributed by atoms with van der Waals surface area (Å²) in [6.07, 6.45) is 7.94. The molecule has 96 valence electrons. The molecule has 1 aliphatic rings. The van der Waals surface area contributed by atoms with Gasteiger partial charge in [0.2, 0.25) is 0 Å². The molecule has 2 heteroatoms. The van der Waals surface area contributed by atoms with Gasteiger partial charge in [0.15, 0.2) is 0 Å². The normalized spacial score (nSPS) is 27.8. The third-order valence-corrected chi connectivity index (χ3v) is 3.67. The summed E-state index contributed by atoms with van der Waals surface area (Å²) in [4.78, 5) is 0. The standard InChI is InChI=1S/C14H30N2/c1-4-6-13-9-14(13)16-10-11(2)7-5-8-12(3)15/h11-14,16H,4-10,15H2,1-3H3. The van der Waals surface area contributed by atoms with Crippen LogP contribution in [-0.2, 0) is 0 Å². The first-order valence-electron chi connectivity index (χ1n) is 7.12. The second kappa shape index (κ2) is 7.29. The average Bonchev–Trinajstić information content (AvgIpc) is 2.94. The molecular formula is C14H30N2. The zero-order chi connectivity index (χ0) is 12.0. The summed E-state index contributed by atoms with van der Waals surface area (Å²) >= 11 is 0. The molecule has 3 N–H and O–H groups in total. The fourth-order valence-electron chi connectivity index (χ4n) is 2.43. The smallest absolute Gasteiger partial charge is 0.00992 e. The van der Waals surface area contributed by atoms with Gasteiger partial charge in [0, 0.05) is 12.1 Å². The van der Waals surface area contributed by atoms with Crippen molar-refractivity contribution in [2.45, 2.75) is 71.4 Å². The molecule has 0 aromatic carbocycles. The summed E-state index contributed by atoms with van der Waals surface area (Å²) in [5.74, 6) is 1.79. The van der Waals surface area contributed by atoms with Crippen molar-refractivity contribution in [1.82, 2.24) is 5.32 Å². The molecule has 0 aliphatic heterocycles. The zero-order valence-electron chi connectivity index (χ0n) is 11.3. The molecule has 1 fully saturated rings. The van der Waals surface area contributed by atoms with Crippen molar-refractivity contribution >= 4 is 0 Å². The van der Waals surface area contributed by atoms with Crippen LogP contribution in [-0.4, -0.2) is 18.6 Å². The van der Waals surface area contributed by atoms with E-state index in [2.05, 4.69) is 26.1 Å². The van der Waals surface area contributed by atoms with Gasteiger partial charge < -0.3 is 11.1 Å². The van der Waals surface area contributed by atoms with Crippen LogP contribution in [0, 0.1) is 11.8 Å². The Morgan fingerprint density at radius 2 is 2.06 bits per heavy atom. The van der Waals surface area contributed by atoms with Crippen molar-refractivity contribution in [3.8, 4) is 0 Å². The molecule has 0 heterocycles. The highest BCUT2D eigenvalue weighted by molar-refractivity contribution is 4.92. The highest BCUT2D eigenvalue weighted by Crippen LogP contribution is 2.34. The van der Waals surface area contributed by atoms with Gasteiger partial charge in [-0.3, -0.25) is 0 Å². The molecule has 0 aromatic heterocycles. The fraction of sp³-hybridized carbons (Fsp3) is 1.00. The number of nitrogens with two attached hydrogens (primary N) is 1. The first-order valence-corrected chi connectivity index (χ1v) is 7.12. The minimum Gasteiger partial charge on any atom is -0.328 e. The van der Waals surface area contributed by atoms with Crippen LogP contribution < -0.4 is 11.1 Å². The minimum absolute atomic E-state index is 0.373. The molecule has 4 atom stereocenters. The summed E-state index contributed by atoms with van der Waals surface area (Å²) < 4.78 is 0. The predicted molar refractivity (Wildman–Crippen MR) is 71.5 cm³/mol. The van der Waals surface area contributed by atoms with E-state index in [0.717, 1.165) is 17.9 Å². The van der Waals surface area contributed by atoms with Gasteiger partial charge in [-0.2, -0.15) is 0 Å². The lowest BCUT2D eigenvalue weighted by Crippen LogP contribution is -2.25. The van der Waals surface area contributed by atoms with Crippen LogP contribution in [0.1, 0.15) is 59.3 Å². The Morgan fingerprint density at radius 3 is 2.69 bits per heavy atom. The number of rotatable bonds is 9. The molecule has 1 saturated carbocycles. The maximum absolute atomic E-state index is 5.75. The number of hydrogen-bond donors (Lipinski definition) is 2. The fourth-order valence-corrected chi connectivity index (χ4v) is 2.43. The quantitative estimate of drug-likeness (QED) is 0.634. The molecule has 1 aliphatic carbocycles. The molecule has 2 nitrogen and oxygen atoms in total. The first-order chi connectivity index (χ1) is 7.63. The molecule has 0 radical (unpaired) electrons. The van der Waals surface area contributed by atoms with Gasteiger partial charge in [0.1, 0.15) is 0 Å². The Bertz CT molecular complexity index is 180. The Kier molecular flexibility index (Phi) is 6.37. The van der Waals surface area contributed by atoms with Crippen LogP contribution in [0.2, 0.25) is 0 Å². The van der Waals surface area contributed by atoms with Gasteiger partial charge in [-0.05, 0) is 51.0 Å². The maximum atomic E-state index is 5.75. The second-order valence-corrected chi connectivity index (χ2v) is 5.81. The van der Waals surface area contributed by atoms with Gasteiger partial charge >= 0.3 is 0 Å². The van der Waals surface area contributed by atoms with E-state index in [0.29, 0.717) is 6.04 Å². The summed E-state index contributed by atoms with van der Waals surface area (Å²) in [6, 6.07) is 1.22. The Hall–Kier alpha value is -0.0800. The van der Waals surface area contributed by atoms with Gasteiger partial charge in [-0.1, -0.05) is 26.7 Å². The van der Waals surface area contributed by atoms with Crippen LogP contribution in [0.15, 0.2) is 0 Å². The summed E-state index contributed by atoms with van der Waals surface area (Å²) in [5, 5.41) is 3.70. The van der Waals surface area contributed by atoms with Crippen LogP contribution in [0.5, 0.6) is 0 Å². The van der Waals surface area contributed by atoms with Gasteiger partial charge in [-0.25, -0.2) is 0 Å². The molecule has 0 bridgehead atoms. The molecule has 0 amide bonds. The van der Waals surface area contributed by atoms with Crippen molar-refractivity contribution < 1.29 is 0 Å². The lowest BCUT2D eigenvalue weighted by molar-refractivity contribution is 0.440. The van der Waals surface area contributed by atoms with Crippen molar-refractivity contribution in [2.75, 3.05) is 6.54 Å². The number of nitrogens with one attached hydrogen (secondary N) is 1. The van der Waals surface area contributed by atoms with E-state index in [4.69, 9.17) is 5.73 Å². The number of hydrogen-bond acceptors (Lipinski definition) is 2. The van der Waals surface area contributed by atoms with Gasteiger partial charge in [0.05, 0.1) is 0 Å². The Labute approximate surface area is 101 Å². The molecule has 0 aromatic rings. The van der Waals surface area contributed by atoms with E-state index in [1.54, 1.807) is 0 Å². The minimum atomic E-state index is 0.373. The van der Waals surface area contributed by atoms with E-state index >= 15 is 0 Å². The highest BCUT2D eigenvalue weighted by Gasteiger charge is 2.35. The topological polar surface area (TPSA) is 38.0 Å². The van der Waals surface area contributed by atoms with E-state index < -0.39 is 0 Å². The van der Waals surface area contributed by atoms with Crippen LogP contribution in [0.4, 0.5) is 0 Å². The lowest BCUT2D eigenvalue weighted by Gasteiger charge is -2.13. The van der Waals surface area contributed by atoms with E-state index in [1.165, 1.54) is 45.1 Å². The SMILES string of the molecule is CCCC1CC1NCC(C)CCCC(C)N. The zero-order valence-corrected chi connectivity index (χ0v) is 11.3. The van der Waals surface area contributed by atoms with Gasteiger partial charge in [0.25, 0.3) is 0 Å². The largest absolute Gasteiger partial charge is 0.328 e. The molecule has 0 spiro atoms. The van der Waals surface area contributed by atoms with Crippen LogP contribution in [0.3, 0.4) is 0 Å². The third-order valence-electron chi connectivity index (χ3n) is 3.67. The molecular weight excluding hydrogens is 196 g/mol. The monoisotopic (exact) mass is 226 g/mol. The summed E-state index contributed by atoms with van der Waals surface area (Å²) in [6.45, 7) is 7.93. The van der Waals surface area contributed by atoms with Crippen molar-refractivity contribution in [2.24, 2.45) is 17.6 Å². The van der Waals surface area contributed by atoms with E-state index in [-0.39, 0.29) is 0 Å². The lowest BCUT2D eigenvalue weighted by atomic mass is 10.0. The summed E-state index contributed by atoms with van der Waals surface area (Å²) in [5.41, 5.74) is 5.75. The Balaban J connectivity index is 1.93. The summed E-state index contributed by atoms with van der Waals surface area (Å²) in [7, 11) is 0. The second-order valence-electron chi connectivity index (χ2n) is 5.81. The predicted octanol–water partition coefficient (Wildman–Crippen LogP) is 2.92. The third kappa shape index (κ3) is 5.86. The van der Waals surface area contributed by atoms with Crippen LogP contribution >= 0.6 is 0 Å². The molecule has 1 rings (SSSR count). The highest BCUT2D eigenvalue weighted by atomic mass is 15.0. The van der Waals surface area contributed by atoms with Crippen molar-refractivity contribution in [3.63, 3.8) is 0 Å². The van der Waals surface area contributed by atoms with Crippen LogP contribution in [0.25, 0.3) is 0 Å². The molecule has 0 saturated heterocycles. The van der Waals surface area contributed by atoms with E-state index in [9.17, 15) is 0 Å². The van der Waals surface area contributed by atoms with Crippen molar-refractivity contribution in [1.29, 1.82) is 0 Å². The first kappa shape index (κ1) is 14.0.